The van der Waals surface area contributed by atoms with Gasteiger partial charge < -0.3 is 4.90 Å². The Kier molecular flexibility index (Phi) is 7.08. The third-order valence-electron chi connectivity index (χ3n) is 5.06. The van der Waals surface area contributed by atoms with Gasteiger partial charge in [0.15, 0.2) is 0 Å². The first-order valence-electron chi connectivity index (χ1n) is 9.37. The van der Waals surface area contributed by atoms with Crippen molar-refractivity contribution < 1.29 is 13.2 Å². The molecule has 1 fully saturated rings. The molecule has 0 unspecified atom stereocenters. The summed E-state index contributed by atoms with van der Waals surface area (Å²) >= 11 is 0. The maximum absolute atomic E-state index is 12.7. The molecule has 0 radical (unpaired) electrons. The summed E-state index contributed by atoms with van der Waals surface area (Å²) in [5, 5.41) is 8.74. The van der Waals surface area contributed by atoms with Crippen molar-refractivity contribution in [2.75, 3.05) is 37.6 Å². The van der Waals surface area contributed by atoms with Crippen LogP contribution in [0.4, 0.5) is 19.1 Å². The van der Waals surface area contributed by atoms with Gasteiger partial charge in [-0.1, -0.05) is 26.8 Å². The van der Waals surface area contributed by atoms with Crippen LogP contribution in [0.3, 0.4) is 0 Å². The molecule has 8 heteroatoms. The molecule has 0 spiro atoms. The van der Waals surface area contributed by atoms with E-state index in [1.54, 1.807) is 6.92 Å². The normalized spacial score (nSPS) is 19.3. The highest BCUT2D eigenvalue weighted by Crippen LogP contribution is 2.27. The Bertz CT molecular complexity index is 584. The van der Waals surface area contributed by atoms with Gasteiger partial charge in [0.05, 0.1) is 6.54 Å². The highest BCUT2D eigenvalue weighted by molar-refractivity contribution is 5.34. The van der Waals surface area contributed by atoms with Gasteiger partial charge in [-0.25, -0.2) is 0 Å². The molecule has 0 bridgehead atoms. The van der Waals surface area contributed by atoms with Gasteiger partial charge in [-0.15, -0.1) is 16.8 Å². The predicted molar refractivity (Wildman–Crippen MR) is 97.4 cm³/mol. The van der Waals surface area contributed by atoms with E-state index in [9.17, 15) is 13.2 Å². The van der Waals surface area contributed by atoms with E-state index in [0.29, 0.717) is 32.1 Å². The highest BCUT2D eigenvalue weighted by Gasteiger charge is 2.33. The molecule has 0 amide bonds. The van der Waals surface area contributed by atoms with Crippen molar-refractivity contribution in [3.63, 3.8) is 0 Å². The third-order valence-corrected chi connectivity index (χ3v) is 5.06. The molecule has 148 valence electrons. The fourth-order valence-corrected chi connectivity index (χ4v) is 3.48. The first-order valence-corrected chi connectivity index (χ1v) is 9.37. The van der Waals surface area contributed by atoms with Gasteiger partial charge in [0, 0.05) is 32.1 Å². The van der Waals surface area contributed by atoms with Gasteiger partial charge in [0.2, 0.25) is 5.95 Å². The van der Waals surface area contributed by atoms with Gasteiger partial charge >= 0.3 is 6.18 Å². The minimum absolute atomic E-state index is 0.207. The summed E-state index contributed by atoms with van der Waals surface area (Å²) in [6.45, 7) is 12.0. The van der Waals surface area contributed by atoms with E-state index in [2.05, 4.69) is 40.1 Å². The SMILES string of the molecule is C=CCn1c([C@@H](C)CC)nnc1N1CC[C@@H](CN(CC)CC(F)(F)F)C1. The molecule has 5 nitrogen and oxygen atoms in total. The van der Waals surface area contributed by atoms with Crippen LogP contribution in [0.2, 0.25) is 0 Å². The first-order chi connectivity index (χ1) is 12.3. The number of hydrogen-bond donors (Lipinski definition) is 0. The summed E-state index contributed by atoms with van der Waals surface area (Å²) in [6.07, 6.45) is -0.479. The minimum Gasteiger partial charge on any atom is -0.341 e. The Balaban J connectivity index is 2.06. The molecule has 1 aromatic rings. The quantitative estimate of drug-likeness (QED) is 0.619. The second kappa shape index (κ2) is 8.88. The second-order valence-electron chi connectivity index (χ2n) is 7.11. The smallest absolute Gasteiger partial charge is 0.341 e. The van der Waals surface area contributed by atoms with Gasteiger partial charge in [-0.05, 0) is 25.3 Å². The number of nitrogens with zero attached hydrogens (tertiary/aromatic N) is 5. The van der Waals surface area contributed by atoms with Gasteiger partial charge in [0.1, 0.15) is 5.82 Å². The topological polar surface area (TPSA) is 37.2 Å². The largest absolute Gasteiger partial charge is 0.401 e. The molecule has 1 saturated heterocycles. The predicted octanol–water partition coefficient (Wildman–Crippen LogP) is 3.69. The summed E-state index contributed by atoms with van der Waals surface area (Å²) < 4.78 is 40.1. The molecule has 0 saturated carbocycles. The van der Waals surface area contributed by atoms with Gasteiger partial charge in [0.25, 0.3) is 0 Å². The van der Waals surface area contributed by atoms with Crippen LogP contribution in [0.1, 0.15) is 45.4 Å². The average molecular weight is 373 g/mol. The summed E-state index contributed by atoms with van der Waals surface area (Å²) in [5.41, 5.74) is 0. The van der Waals surface area contributed by atoms with Crippen molar-refractivity contribution in [2.24, 2.45) is 5.92 Å². The summed E-state index contributed by atoms with van der Waals surface area (Å²) in [5.74, 6) is 2.26. The molecular formula is C18H30F3N5. The van der Waals surface area contributed by atoms with Crippen molar-refractivity contribution in [1.29, 1.82) is 0 Å². The molecule has 0 N–H and O–H groups in total. The second-order valence-corrected chi connectivity index (χ2v) is 7.11. The van der Waals surface area contributed by atoms with Crippen LogP contribution < -0.4 is 4.90 Å². The molecule has 2 heterocycles. The van der Waals surface area contributed by atoms with E-state index >= 15 is 0 Å². The minimum atomic E-state index is -4.15. The van der Waals surface area contributed by atoms with E-state index in [1.807, 2.05) is 6.08 Å². The van der Waals surface area contributed by atoms with Gasteiger partial charge in [-0.3, -0.25) is 9.47 Å². The third kappa shape index (κ3) is 5.22. The van der Waals surface area contributed by atoms with Crippen LogP contribution in [-0.4, -0.2) is 58.6 Å². The van der Waals surface area contributed by atoms with E-state index in [-0.39, 0.29) is 5.92 Å². The summed E-state index contributed by atoms with van der Waals surface area (Å²) in [4.78, 5) is 3.63. The number of halogens is 3. The van der Waals surface area contributed by atoms with Crippen LogP contribution in [-0.2, 0) is 6.54 Å². The molecule has 26 heavy (non-hydrogen) atoms. The van der Waals surface area contributed by atoms with Crippen LogP contribution in [0, 0.1) is 5.92 Å². The van der Waals surface area contributed by atoms with Crippen molar-refractivity contribution >= 4 is 5.95 Å². The fourth-order valence-electron chi connectivity index (χ4n) is 3.48. The lowest BCUT2D eigenvalue weighted by Crippen LogP contribution is -2.38. The lowest BCUT2D eigenvalue weighted by molar-refractivity contribution is -0.146. The molecular weight excluding hydrogens is 343 g/mol. The number of hydrogen-bond acceptors (Lipinski definition) is 4. The number of aromatic nitrogens is 3. The van der Waals surface area contributed by atoms with Crippen LogP contribution in [0.25, 0.3) is 0 Å². The number of allylic oxidation sites excluding steroid dienone is 1. The van der Waals surface area contributed by atoms with Crippen molar-refractivity contribution in [2.45, 2.75) is 52.3 Å². The van der Waals surface area contributed by atoms with E-state index in [4.69, 9.17) is 0 Å². The summed E-state index contributed by atoms with van der Waals surface area (Å²) in [7, 11) is 0. The fraction of sp³-hybridized carbons (Fsp3) is 0.778. The monoisotopic (exact) mass is 373 g/mol. The Morgan fingerprint density at radius 3 is 2.65 bits per heavy atom. The van der Waals surface area contributed by atoms with Gasteiger partial charge in [-0.2, -0.15) is 13.2 Å². The van der Waals surface area contributed by atoms with Crippen molar-refractivity contribution in [1.82, 2.24) is 19.7 Å². The molecule has 2 atom stereocenters. The van der Waals surface area contributed by atoms with Crippen molar-refractivity contribution in [3.8, 4) is 0 Å². The Hall–Kier alpha value is -1.57. The molecule has 1 aliphatic rings. The highest BCUT2D eigenvalue weighted by atomic mass is 19.4. The molecule has 1 aromatic heterocycles. The maximum atomic E-state index is 12.7. The summed E-state index contributed by atoms with van der Waals surface area (Å²) in [6, 6.07) is 0. The average Bonchev–Trinajstić information content (AvgIpc) is 3.19. The zero-order valence-corrected chi connectivity index (χ0v) is 16.0. The molecule has 2 rings (SSSR count). The Morgan fingerprint density at radius 2 is 2.08 bits per heavy atom. The molecule has 1 aliphatic heterocycles. The lowest BCUT2D eigenvalue weighted by Gasteiger charge is -2.25. The van der Waals surface area contributed by atoms with Crippen LogP contribution >= 0.6 is 0 Å². The number of anilines is 1. The molecule has 0 aliphatic carbocycles. The number of alkyl halides is 3. The van der Waals surface area contributed by atoms with E-state index in [0.717, 1.165) is 31.2 Å². The van der Waals surface area contributed by atoms with Crippen molar-refractivity contribution in [3.05, 3.63) is 18.5 Å². The van der Waals surface area contributed by atoms with E-state index < -0.39 is 12.7 Å². The number of rotatable bonds is 9. The molecule has 0 aromatic carbocycles. The van der Waals surface area contributed by atoms with E-state index in [1.165, 1.54) is 4.90 Å². The Labute approximate surface area is 153 Å². The Morgan fingerprint density at radius 1 is 1.35 bits per heavy atom. The zero-order chi connectivity index (χ0) is 19.3. The standard InChI is InChI=1S/C18H30F3N5/c1-5-9-26-16(14(4)6-2)22-23-17(26)25-10-8-15(12-25)11-24(7-3)13-18(19,20)21/h5,14-15H,1,6-13H2,2-4H3/t14-,15-/m0/s1. The first kappa shape index (κ1) is 20.7. The zero-order valence-electron chi connectivity index (χ0n) is 16.0. The van der Waals surface area contributed by atoms with Crippen LogP contribution in [0.15, 0.2) is 12.7 Å². The maximum Gasteiger partial charge on any atom is 0.401 e. The van der Waals surface area contributed by atoms with Crippen LogP contribution in [0.5, 0.6) is 0 Å². The lowest BCUT2D eigenvalue weighted by atomic mass is 10.1.